The number of carbonyl (C=O) groups excluding carboxylic acids is 1. The number of rotatable bonds is 3. The van der Waals surface area contributed by atoms with E-state index in [1.54, 1.807) is 34.6 Å². The smallest absolute Gasteiger partial charge is 0.326 e. The van der Waals surface area contributed by atoms with Crippen LogP contribution in [0, 0.1) is 19.3 Å². The lowest BCUT2D eigenvalue weighted by molar-refractivity contribution is -0.142. The number of hydrogen-bond donors (Lipinski definition) is 3. The highest BCUT2D eigenvalue weighted by atomic mass is 16.4. The van der Waals surface area contributed by atoms with Crippen LogP contribution in [-0.2, 0) is 4.79 Å². The van der Waals surface area contributed by atoms with Gasteiger partial charge in [0.1, 0.15) is 6.04 Å². The molecule has 0 fully saturated rings. The minimum Gasteiger partial charge on any atom is -0.480 e. The summed E-state index contributed by atoms with van der Waals surface area (Å²) in [6.45, 7) is 8.72. The third-order valence-electron chi connectivity index (χ3n) is 2.74. The molecule has 6 nitrogen and oxygen atoms in total. The van der Waals surface area contributed by atoms with E-state index < -0.39 is 23.3 Å². The Morgan fingerprint density at radius 1 is 1.33 bits per heavy atom. The summed E-state index contributed by atoms with van der Waals surface area (Å²) < 4.78 is 0. The molecule has 0 spiro atoms. The van der Waals surface area contributed by atoms with Crippen molar-refractivity contribution in [3.05, 3.63) is 17.0 Å². The first-order chi connectivity index (χ1) is 8.14. The van der Waals surface area contributed by atoms with Crippen LogP contribution in [0.2, 0.25) is 0 Å². The van der Waals surface area contributed by atoms with E-state index in [-0.39, 0.29) is 0 Å². The topological polar surface area (TPSA) is 95.1 Å². The van der Waals surface area contributed by atoms with Crippen LogP contribution in [0.25, 0.3) is 0 Å². The molecule has 1 aromatic heterocycles. The van der Waals surface area contributed by atoms with Gasteiger partial charge in [0.2, 0.25) is 0 Å². The van der Waals surface area contributed by atoms with E-state index in [9.17, 15) is 9.59 Å². The van der Waals surface area contributed by atoms with E-state index in [1.165, 1.54) is 0 Å². The summed E-state index contributed by atoms with van der Waals surface area (Å²) in [5, 5.41) is 18.3. The number of carboxylic acids is 1. The van der Waals surface area contributed by atoms with E-state index in [0.29, 0.717) is 17.0 Å². The number of H-pyrrole nitrogens is 1. The Balaban J connectivity index is 2.97. The molecule has 0 unspecified atom stereocenters. The number of aryl methyl sites for hydroxylation is 2. The van der Waals surface area contributed by atoms with Gasteiger partial charge in [-0.1, -0.05) is 20.8 Å². The number of aromatic amines is 1. The van der Waals surface area contributed by atoms with Crippen LogP contribution in [0.5, 0.6) is 0 Å². The molecule has 0 aromatic carbocycles. The molecule has 1 atom stereocenters. The highest BCUT2D eigenvalue weighted by molar-refractivity contribution is 5.98. The second-order valence-corrected chi connectivity index (χ2v) is 5.42. The van der Waals surface area contributed by atoms with Crippen LogP contribution in [0.4, 0.5) is 0 Å². The normalized spacial score (nSPS) is 13.2. The number of carbonyl (C=O) groups is 2. The SMILES string of the molecule is Cc1n[nH]c(C)c1C(=O)N[C@H](C(=O)O)C(C)(C)C. The summed E-state index contributed by atoms with van der Waals surface area (Å²) >= 11 is 0. The average molecular weight is 253 g/mol. The Bertz CT molecular complexity index is 452. The summed E-state index contributed by atoms with van der Waals surface area (Å²) in [6.07, 6.45) is 0. The van der Waals surface area contributed by atoms with Gasteiger partial charge in [-0.15, -0.1) is 0 Å². The second-order valence-electron chi connectivity index (χ2n) is 5.42. The number of hydrogen-bond acceptors (Lipinski definition) is 3. The lowest BCUT2D eigenvalue weighted by Crippen LogP contribution is -2.49. The molecule has 1 amide bonds. The van der Waals surface area contributed by atoms with Crippen LogP contribution in [-0.4, -0.2) is 33.2 Å². The molecular formula is C12H19N3O3. The molecule has 18 heavy (non-hydrogen) atoms. The molecule has 1 aromatic rings. The number of nitrogens with one attached hydrogen (secondary N) is 2. The van der Waals surface area contributed by atoms with Gasteiger partial charge in [-0.25, -0.2) is 4.79 Å². The molecule has 1 heterocycles. The van der Waals surface area contributed by atoms with Crippen molar-refractivity contribution in [3.63, 3.8) is 0 Å². The lowest BCUT2D eigenvalue weighted by Gasteiger charge is -2.27. The quantitative estimate of drug-likeness (QED) is 0.755. The Morgan fingerprint density at radius 2 is 1.89 bits per heavy atom. The van der Waals surface area contributed by atoms with Gasteiger partial charge in [0.25, 0.3) is 5.91 Å². The molecule has 0 radical (unpaired) electrons. The third kappa shape index (κ3) is 2.88. The lowest BCUT2D eigenvalue weighted by atomic mass is 9.86. The maximum Gasteiger partial charge on any atom is 0.326 e. The van der Waals surface area contributed by atoms with E-state index in [1.807, 2.05) is 0 Å². The second kappa shape index (κ2) is 4.80. The Hall–Kier alpha value is -1.85. The predicted octanol–water partition coefficient (Wildman–Crippen LogP) is 1.26. The van der Waals surface area contributed by atoms with Gasteiger partial charge in [-0.2, -0.15) is 5.10 Å². The molecule has 0 saturated carbocycles. The van der Waals surface area contributed by atoms with Crippen LogP contribution >= 0.6 is 0 Å². The van der Waals surface area contributed by atoms with Gasteiger partial charge in [-0.05, 0) is 19.3 Å². The van der Waals surface area contributed by atoms with Crippen molar-refractivity contribution < 1.29 is 14.7 Å². The summed E-state index contributed by atoms with van der Waals surface area (Å²) in [5.74, 6) is -1.46. The first kappa shape index (κ1) is 14.2. The Morgan fingerprint density at radius 3 is 2.22 bits per heavy atom. The zero-order valence-corrected chi connectivity index (χ0v) is 11.3. The number of aliphatic carboxylic acids is 1. The van der Waals surface area contributed by atoms with Gasteiger partial charge in [0, 0.05) is 5.69 Å². The fraction of sp³-hybridized carbons (Fsp3) is 0.583. The summed E-state index contributed by atoms with van der Waals surface area (Å²) in [5.41, 5.74) is 1.03. The van der Waals surface area contributed by atoms with Gasteiger partial charge < -0.3 is 10.4 Å². The van der Waals surface area contributed by atoms with Crippen LogP contribution < -0.4 is 5.32 Å². The first-order valence-electron chi connectivity index (χ1n) is 5.70. The highest BCUT2D eigenvalue weighted by Crippen LogP contribution is 2.20. The third-order valence-corrected chi connectivity index (χ3v) is 2.74. The zero-order chi connectivity index (χ0) is 14.1. The van der Waals surface area contributed by atoms with Crippen molar-refractivity contribution in [2.75, 3.05) is 0 Å². The van der Waals surface area contributed by atoms with E-state index in [0.717, 1.165) is 0 Å². The van der Waals surface area contributed by atoms with E-state index >= 15 is 0 Å². The van der Waals surface area contributed by atoms with E-state index in [2.05, 4.69) is 15.5 Å². The van der Waals surface area contributed by atoms with Gasteiger partial charge in [0.15, 0.2) is 0 Å². The molecule has 0 bridgehead atoms. The standard InChI is InChI=1S/C12H19N3O3/c1-6-8(7(2)15-14-6)10(16)13-9(11(17)18)12(3,4)5/h9H,1-5H3,(H,13,16)(H,14,15)(H,17,18)/t9-/m1/s1. The monoisotopic (exact) mass is 253 g/mol. The molecule has 0 saturated heterocycles. The Labute approximate surface area is 106 Å². The van der Waals surface area contributed by atoms with Crippen molar-refractivity contribution in [1.29, 1.82) is 0 Å². The van der Waals surface area contributed by atoms with Gasteiger partial charge in [-0.3, -0.25) is 9.89 Å². The molecule has 1 rings (SSSR count). The van der Waals surface area contributed by atoms with Crippen molar-refractivity contribution >= 4 is 11.9 Å². The number of carboxylic acid groups (broad SMARTS) is 1. The fourth-order valence-corrected chi connectivity index (χ4v) is 1.74. The highest BCUT2D eigenvalue weighted by Gasteiger charge is 2.33. The van der Waals surface area contributed by atoms with Crippen LogP contribution in [0.15, 0.2) is 0 Å². The minimum atomic E-state index is -1.05. The van der Waals surface area contributed by atoms with Crippen molar-refractivity contribution in [2.24, 2.45) is 5.41 Å². The zero-order valence-electron chi connectivity index (χ0n) is 11.3. The summed E-state index contributed by atoms with van der Waals surface area (Å²) in [7, 11) is 0. The van der Waals surface area contributed by atoms with Gasteiger partial charge >= 0.3 is 5.97 Å². The largest absolute Gasteiger partial charge is 0.480 e. The van der Waals surface area contributed by atoms with E-state index in [4.69, 9.17) is 5.11 Å². The van der Waals surface area contributed by atoms with Crippen molar-refractivity contribution in [2.45, 2.75) is 40.7 Å². The minimum absolute atomic E-state index is 0.408. The summed E-state index contributed by atoms with van der Waals surface area (Å²) in [6, 6.07) is -0.946. The fourth-order valence-electron chi connectivity index (χ4n) is 1.74. The van der Waals surface area contributed by atoms with Crippen molar-refractivity contribution in [1.82, 2.24) is 15.5 Å². The Kier molecular flexibility index (Phi) is 3.79. The number of aromatic nitrogens is 2. The maximum atomic E-state index is 12.1. The van der Waals surface area contributed by atoms with Crippen LogP contribution in [0.3, 0.4) is 0 Å². The van der Waals surface area contributed by atoms with Gasteiger partial charge in [0.05, 0.1) is 11.3 Å². The molecule has 100 valence electrons. The maximum absolute atomic E-state index is 12.1. The average Bonchev–Trinajstić information content (AvgIpc) is 2.52. The molecular weight excluding hydrogens is 234 g/mol. The molecule has 0 aliphatic carbocycles. The molecule has 6 heteroatoms. The van der Waals surface area contributed by atoms with Crippen LogP contribution in [0.1, 0.15) is 42.5 Å². The molecule has 0 aliphatic rings. The first-order valence-corrected chi connectivity index (χ1v) is 5.70. The predicted molar refractivity (Wildman–Crippen MR) is 66.4 cm³/mol. The number of nitrogens with zero attached hydrogens (tertiary/aromatic N) is 1. The molecule has 0 aliphatic heterocycles. The molecule has 3 N–H and O–H groups in total. The van der Waals surface area contributed by atoms with Crippen molar-refractivity contribution in [3.8, 4) is 0 Å². The number of amides is 1. The summed E-state index contributed by atoms with van der Waals surface area (Å²) in [4.78, 5) is 23.3.